The van der Waals surface area contributed by atoms with Crippen LogP contribution in [0.5, 0.6) is 0 Å². The van der Waals surface area contributed by atoms with Crippen molar-refractivity contribution in [3.8, 4) is 0 Å². The molecule has 0 aromatic rings. The van der Waals surface area contributed by atoms with Gasteiger partial charge in [-0.25, -0.2) is 0 Å². The highest BCUT2D eigenvalue weighted by molar-refractivity contribution is 8.14. The Balaban J connectivity index is 4.29. The molecule has 0 saturated carbocycles. The van der Waals surface area contributed by atoms with Crippen LogP contribution >= 0.6 is 11.8 Å². The lowest BCUT2D eigenvalue weighted by molar-refractivity contribution is -0.118. The topological polar surface area (TPSA) is 34.1 Å². The Morgan fingerprint density at radius 2 is 1.73 bits per heavy atom. The third-order valence-electron chi connectivity index (χ3n) is 2.39. The Morgan fingerprint density at radius 1 is 1.20 bits per heavy atom. The average Bonchev–Trinajstić information content (AvgIpc) is 2.11. The molecule has 0 bridgehead atoms. The van der Waals surface area contributed by atoms with Crippen LogP contribution < -0.4 is 0 Å². The summed E-state index contributed by atoms with van der Waals surface area (Å²) in [5.74, 6) is 0.768. The van der Waals surface area contributed by atoms with Crippen LogP contribution in [0.2, 0.25) is 0 Å². The highest BCUT2D eigenvalue weighted by atomic mass is 32.2. The second kappa shape index (κ2) is 7.04. The number of hydrogen-bond donors (Lipinski definition) is 0. The second-order valence-electron chi connectivity index (χ2n) is 4.50. The molecule has 1 unspecified atom stereocenters. The first-order valence-electron chi connectivity index (χ1n) is 5.58. The number of Topliss-reactive ketones (excluding diaryl/α,β-unsaturated/α-hetero) is 1. The maximum atomic E-state index is 11.6. The number of carbonyl (C=O) groups is 2. The van der Waals surface area contributed by atoms with Gasteiger partial charge in [-0.2, -0.15) is 0 Å². The summed E-state index contributed by atoms with van der Waals surface area (Å²) >= 11 is 1.23. The molecule has 0 heterocycles. The Morgan fingerprint density at radius 3 is 2.07 bits per heavy atom. The van der Waals surface area contributed by atoms with E-state index < -0.39 is 0 Å². The van der Waals surface area contributed by atoms with E-state index in [1.807, 2.05) is 27.7 Å². The first kappa shape index (κ1) is 14.7. The summed E-state index contributed by atoms with van der Waals surface area (Å²) in [6.45, 7) is 9.69. The van der Waals surface area contributed by atoms with Gasteiger partial charge in [0.15, 0.2) is 5.12 Å². The minimum atomic E-state index is -0.152. The average molecular weight is 230 g/mol. The largest absolute Gasteiger partial charge is 0.299 e. The molecule has 2 atom stereocenters. The fourth-order valence-corrected chi connectivity index (χ4v) is 2.64. The monoisotopic (exact) mass is 230 g/mol. The van der Waals surface area contributed by atoms with Crippen LogP contribution in [0.25, 0.3) is 0 Å². The second-order valence-corrected chi connectivity index (χ2v) is 5.70. The molecule has 15 heavy (non-hydrogen) atoms. The van der Waals surface area contributed by atoms with Gasteiger partial charge in [0.2, 0.25) is 0 Å². The summed E-state index contributed by atoms with van der Waals surface area (Å²) in [6, 6.07) is 0. The molecule has 0 aromatic heterocycles. The molecular weight excluding hydrogens is 208 g/mol. The number of thioether (sulfide) groups is 1. The van der Waals surface area contributed by atoms with Crippen molar-refractivity contribution in [3.05, 3.63) is 0 Å². The third-order valence-corrected chi connectivity index (χ3v) is 3.87. The molecule has 0 fully saturated rings. The van der Waals surface area contributed by atoms with E-state index in [4.69, 9.17) is 0 Å². The van der Waals surface area contributed by atoms with Crippen molar-refractivity contribution in [3.63, 3.8) is 0 Å². The van der Waals surface area contributed by atoms with Crippen LogP contribution in [0.15, 0.2) is 0 Å². The maximum Gasteiger partial charge on any atom is 0.189 e. The number of rotatable bonds is 6. The van der Waals surface area contributed by atoms with E-state index in [0.29, 0.717) is 12.3 Å². The molecule has 0 rings (SSSR count). The lowest BCUT2D eigenvalue weighted by Crippen LogP contribution is -2.24. The molecule has 0 radical (unpaired) electrons. The van der Waals surface area contributed by atoms with Gasteiger partial charge < -0.3 is 0 Å². The van der Waals surface area contributed by atoms with Gasteiger partial charge in [-0.15, -0.1) is 0 Å². The predicted molar refractivity (Wildman–Crippen MR) is 66.0 cm³/mol. The highest BCUT2D eigenvalue weighted by Crippen LogP contribution is 2.25. The van der Waals surface area contributed by atoms with Crippen molar-refractivity contribution in [1.29, 1.82) is 0 Å². The predicted octanol–water partition coefficient (Wildman–Crippen LogP) is 3.30. The molecular formula is C12H22O2S. The molecule has 2 nitrogen and oxygen atoms in total. The van der Waals surface area contributed by atoms with E-state index >= 15 is 0 Å². The number of ketones is 1. The van der Waals surface area contributed by atoms with Crippen LogP contribution in [0.1, 0.15) is 47.5 Å². The number of hydrogen-bond acceptors (Lipinski definition) is 3. The molecule has 0 aromatic carbocycles. The fraction of sp³-hybridized carbons (Fsp3) is 0.833. The molecule has 0 saturated heterocycles. The van der Waals surface area contributed by atoms with Crippen LogP contribution in [-0.4, -0.2) is 16.1 Å². The quantitative estimate of drug-likeness (QED) is 0.702. The molecule has 0 spiro atoms. The van der Waals surface area contributed by atoms with Gasteiger partial charge in [-0.3, -0.25) is 9.59 Å². The van der Waals surface area contributed by atoms with Crippen molar-refractivity contribution in [2.75, 3.05) is 0 Å². The van der Waals surface area contributed by atoms with Gasteiger partial charge in [0.1, 0.15) is 5.78 Å². The Kier molecular flexibility index (Phi) is 6.90. The molecule has 0 aliphatic carbocycles. The van der Waals surface area contributed by atoms with E-state index in [9.17, 15) is 9.59 Å². The smallest absolute Gasteiger partial charge is 0.189 e. The number of carbonyl (C=O) groups excluding carboxylic acids is 2. The molecule has 0 N–H and O–H groups in total. The molecule has 0 aliphatic rings. The van der Waals surface area contributed by atoms with Crippen molar-refractivity contribution in [1.82, 2.24) is 0 Å². The summed E-state index contributed by atoms with van der Waals surface area (Å²) < 4.78 is 0. The van der Waals surface area contributed by atoms with Gasteiger partial charge >= 0.3 is 0 Å². The summed E-state index contributed by atoms with van der Waals surface area (Å²) in [5, 5.41) is -0.00764. The van der Waals surface area contributed by atoms with Crippen LogP contribution in [0.4, 0.5) is 0 Å². The maximum absolute atomic E-state index is 11.6. The van der Waals surface area contributed by atoms with Gasteiger partial charge in [-0.05, 0) is 18.8 Å². The Bertz CT molecular complexity index is 224. The third kappa shape index (κ3) is 5.98. The van der Waals surface area contributed by atoms with Crippen molar-refractivity contribution in [2.24, 2.45) is 11.8 Å². The Labute approximate surface area is 97.2 Å². The molecule has 0 aliphatic heterocycles. The van der Waals surface area contributed by atoms with Crippen LogP contribution in [-0.2, 0) is 9.59 Å². The zero-order valence-electron chi connectivity index (χ0n) is 10.4. The first-order valence-corrected chi connectivity index (χ1v) is 6.46. The standard InChI is InChI=1S/C12H22O2S/c1-6-9(4)12(10(5)13)15-11(14)7-8(2)3/h8-9,12H,6-7H2,1-5H3/t9-,12?/m0/s1. The first-order chi connectivity index (χ1) is 6.88. The minimum absolute atomic E-state index is 0.117. The molecule has 3 heteroatoms. The van der Waals surface area contributed by atoms with Gasteiger partial charge in [-0.1, -0.05) is 45.9 Å². The summed E-state index contributed by atoms with van der Waals surface area (Å²) in [4.78, 5) is 23.0. The fourth-order valence-electron chi connectivity index (χ4n) is 1.34. The normalized spacial score (nSPS) is 15.1. The van der Waals surface area contributed by atoms with Crippen LogP contribution in [0.3, 0.4) is 0 Å². The summed E-state index contributed by atoms with van der Waals surface area (Å²) in [7, 11) is 0. The van der Waals surface area contributed by atoms with Crippen LogP contribution in [0, 0.1) is 11.8 Å². The lowest BCUT2D eigenvalue weighted by atomic mass is 10.0. The van der Waals surface area contributed by atoms with E-state index in [1.165, 1.54) is 11.8 Å². The van der Waals surface area contributed by atoms with E-state index in [2.05, 4.69) is 0 Å². The molecule has 0 amide bonds. The minimum Gasteiger partial charge on any atom is -0.299 e. The Hall–Kier alpha value is -0.310. The van der Waals surface area contributed by atoms with E-state index in [1.54, 1.807) is 6.92 Å². The van der Waals surface area contributed by atoms with Crippen molar-refractivity contribution in [2.45, 2.75) is 52.7 Å². The van der Waals surface area contributed by atoms with Gasteiger partial charge in [0.05, 0.1) is 5.25 Å². The molecule has 88 valence electrons. The van der Waals surface area contributed by atoms with E-state index in [0.717, 1.165) is 6.42 Å². The lowest BCUT2D eigenvalue weighted by Gasteiger charge is -2.19. The highest BCUT2D eigenvalue weighted by Gasteiger charge is 2.24. The zero-order chi connectivity index (χ0) is 12.0. The van der Waals surface area contributed by atoms with Gasteiger partial charge in [0.25, 0.3) is 0 Å². The van der Waals surface area contributed by atoms with Gasteiger partial charge in [0, 0.05) is 6.42 Å². The van der Waals surface area contributed by atoms with Crippen molar-refractivity contribution < 1.29 is 9.59 Å². The summed E-state index contributed by atoms with van der Waals surface area (Å²) in [6.07, 6.45) is 1.50. The zero-order valence-corrected chi connectivity index (χ0v) is 11.2. The van der Waals surface area contributed by atoms with Crippen molar-refractivity contribution >= 4 is 22.7 Å². The van der Waals surface area contributed by atoms with E-state index in [-0.39, 0.29) is 22.1 Å². The SMILES string of the molecule is CC[C@H](C)C(SC(=O)CC(C)C)C(C)=O. The summed E-state index contributed by atoms with van der Waals surface area (Å²) in [5.41, 5.74) is 0.